The molecule has 0 aliphatic rings. The zero-order valence-electron chi connectivity index (χ0n) is 8.95. The molecule has 0 fully saturated rings. The van der Waals surface area contributed by atoms with Crippen LogP contribution in [0.1, 0.15) is 0 Å². The molecule has 9 nitrogen and oxygen atoms in total. The maximum absolute atomic E-state index is 5.67. The second-order valence-electron chi connectivity index (χ2n) is 3.05. The van der Waals surface area contributed by atoms with Gasteiger partial charge in [-0.05, 0) is 0 Å². The van der Waals surface area contributed by atoms with Crippen LogP contribution in [0, 0.1) is 0 Å². The lowest BCUT2D eigenvalue weighted by atomic mass is 10.6. The molecule has 16 heavy (non-hydrogen) atoms. The first-order chi connectivity index (χ1) is 7.69. The molecule has 0 aliphatic carbocycles. The van der Waals surface area contributed by atoms with Crippen LogP contribution in [0.4, 0.5) is 11.9 Å². The Morgan fingerprint density at radius 2 is 1.38 bits per heavy atom. The van der Waals surface area contributed by atoms with Crippen molar-refractivity contribution in [2.45, 2.75) is 0 Å². The van der Waals surface area contributed by atoms with Gasteiger partial charge in [0.1, 0.15) is 6.33 Å². The van der Waals surface area contributed by atoms with Crippen molar-refractivity contribution in [1.29, 1.82) is 0 Å². The number of anilines is 2. The fraction of sp³-hybridized carbons (Fsp3) is 0.571. The largest absolute Gasteiger partial charge is 0.329 e. The average Bonchev–Trinajstić information content (AvgIpc) is 2.30. The summed E-state index contributed by atoms with van der Waals surface area (Å²) in [6, 6.07) is 0. The Balaban J connectivity index is 2.77. The van der Waals surface area contributed by atoms with Crippen molar-refractivity contribution in [3.8, 4) is 0 Å². The number of nitrogens with two attached hydrogens (primary N) is 4. The molecule has 0 aromatic carbocycles. The van der Waals surface area contributed by atoms with E-state index in [0.29, 0.717) is 38.1 Å². The number of hydrazine groups is 2. The monoisotopic (exact) mass is 227 g/mol. The van der Waals surface area contributed by atoms with Gasteiger partial charge < -0.3 is 11.5 Å². The van der Waals surface area contributed by atoms with Gasteiger partial charge in [0.05, 0.1) is 0 Å². The SMILES string of the molecule is NCCN(N)c1ncnc(N(N)CCN)n1. The van der Waals surface area contributed by atoms with Gasteiger partial charge in [0.25, 0.3) is 0 Å². The Morgan fingerprint density at radius 1 is 0.938 bits per heavy atom. The van der Waals surface area contributed by atoms with Crippen molar-refractivity contribution < 1.29 is 0 Å². The van der Waals surface area contributed by atoms with Crippen molar-refractivity contribution in [2.75, 3.05) is 36.2 Å². The van der Waals surface area contributed by atoms with Gasteiger partial charge in [-0.25, -0.2) is 11.7 Å². The summed E-state index contributed by atoms with van der Waals surface area (Å²) in [6.07, 6.45) is 1.34. The number of nitrogens with zero attached hydrogens (tertiary/aromatic N) is 5. The second-order valence-corrected chi connectivity index (χ2v) is 3.05. The fourth-order valence-electron chi connectivity index (χ4n) is 1.03. The highest BCUT2D eigenvalue weighted by Gasteiger charge is 2.09. The van der Waals surface area contributed by atoms with Crippen LogP contribution in [0.3, 0.4) is 0 Å². The molecular formula is C7H17N9. The molecule has 8 N–H and O–H groups in total. The molecule has 0 saturated heterocycles. The van der Waals surface area contributed by atoms with Gasteiger partial charge in [0, 0.05) is 26.2 Å². The minimum atomic E-state index is 0.322. The van der Waals surface area contributed by atoms with E-state index in [4.69, 9.17) is 23.2 Å². The van der Waals surface area contributed by atoms with Crippen LogP contribution in [0.5, 0.6) is 0 Å². The summed E-state index contributed by atoms with van der Waals surface area (Å²) in [5.74, 6) is 12.0. The Morgan fingerprint density at radius 3 is 1.75 bits per heavy atom. The van der Waals surface area contributed by atoms with Crippen LogP contribution >= 0.6 is 0 Å². The minimum Gasteiger partial charge on any atom is -0.329 e. The van der Waals surface area contributed by atoms with E-state index in [2.05, 4.69) is 15.0 Å². The molecule has 1 aromatic heterocycles. The van der Waals surface area contributed by atoms with E-state index < -0.39 is 0 Å². The number of rotatable bonds is 6. The van der Waals surface area contributed by atoms with E-state index in [-0.39, 0.29) is 0 Å². The minimum absolute atomic E-state index is 0.322. The van der Waals surface area contributed by atoms with Crippen molar-refractivity contribution in [3.05, 3.63) is 6.33 Å². The zero-order valence-corrected chi connectivity index (χ0v) is 8.95. The van der Waals surface area contributed by atoms with Gasteiger partial charge in [-0.3, -0.25) is 10.0 Å². The molecule has 0 bridgehead atoms. The van der Waals surface area contributed by atoms with Gasteiger partial charge in [0.15, 0.2) is 0 Å². The summed E-state index contributed by atoms with van der Waals surface area (Å²) in [5.41, 5.74) is 10.7. The zero-order chi connectivity index (χ0) is 12.0. The number of aromatic nitrogens is 3. The van der Waals surface area contributed by atoms with Crippen LogP contribution in [-0.2, 0) is 0 Å². The lowest BCUT2D eigenvalue weighted by molar-refractivity contribution is 0.757. The number of hydrogen-bond donors (Lipinski definition) is 4. The van der Waals surface area contributed by atoms with E-state index in [1.54, 1.807) is 0 Å². The van der Waals surface area contributed by atoms with E-state index in [9.17, 15) is 0 Å². The van der Waals surface area contributed by atoms with Crippen LogP contribution in [0.15, 0.2) is 6.33 Å². The lowest BCUT2D eigenvalue weighted by Crippen LogP contribution is -2.39. The third kappa shape index (κ3) is 3.24. The predicted octanol–water partition coefficient (Wildman–Crippen LogP) is -2.85. The summed E-state index contributed by atoms with van der Waals surface area (Å²) in [4.78, 5) is 11.9. The van der Waals surface area contributed by atoms with Crippen LogP contribution in [0.2, 0.25) is 0 Å². The van der Waals surface area contributed by atoms with Crippen molar-refractivity contribution in [2.24, 2.45) is 23.2 Å². The molecule has 1 heterocycles. The summed E-state index contributed by atoms with van der Waals surface area (Å²) >= 11 is 0. The smallest absolute Gasteiger partial charge is 0.244 e. The molecule has 0 unspecified atom stereocenters. The molecule has 90 valence electrons. The Kier molecular flexibility index (Phi) is 4.79. The molecule has 0 amide bonds. The second kappa shape index (κ2) is 6.12. The van der Waals surface area contributed by atoms with Crippen LogP contribution in [-0.4, -0.2) is 41.1 Å². The van der Waals surface area contributed by atoms with Gasteiger partial charge >= 0.3 is 0 Å². The third-order valence-electron chi connectivity index (χ3n) is 1.80. The molecule has 0 aliphatic heterocycles. The highest BCUT2D eigenvalue weighted by atomic mass is 15.5. The van der Waals surface area contributed by atoms with Crippen LogP contribution < -0.4 is 33.2 Å². The highest BCUT2D eigenvalue weighted by molar-refractivity contribution is 5.35. The molecular weight excluding hydrogens is 210 g/mol. The first kappa shape index (κ1) is 12.5. The first-order valence-corrected chi connectivity index (χ1v) is 4.82. The topological polar surface area (TPSA) is 149 Å². The maximum Gasteiger partial charge on any atom is 0.244 e. The maximum atomic E-state index is 5.67. The molecule has 1 rings (SSSR count). The van der Waals surface area contributed by atoms with Gasteiger partial charge in [-0.1, -0.05) is 0 Å². The summed E-state index contributed by atoms with van der Waals surface area (Å²) in [6.45, 7) is 1.72. The van der Waals surface area contributed by atoms with Gasteiger partial charge in [0.2, 0.25) is 11.9 Å². The fourth-order valence-corrected chi connectivity index (χ4v) is 1.03. The Labute approximate surface area is 93.4 Å². The van der Waals surface area contributed by atoms with Crippen molar-refractivity contribution >= 4 is 11.9 Å². The summed E-state index contributed by atoms with van der Waals surface area (Å²) in [5, 5.41) is 2.67. The standard InChI is InChI=1S/C7H17N9/c8-1-3-15(10)6-12-5-13-7(14-6)16(11)4-2-9/h5H,1-4,8-11H2. The van der Waals surface area contributed by atoms with Gasteiger partial charge in [-0.15, -0.1) is 0 Å². The highest BCUT2D eigenvalue weighted by Crippen LogP contribution is 2.06. The molecule has 9 heteroatoms. The average molecular weight is 227 g/mol. The predicted molar refractivity (Wildman–Crippen MR) is 61.0 cm³/mol. The molecule has 0 saturated carbocycles. The Bertz CT molecular complexity index is 289. The van der Waals surface area contributed by atoms with Crippen LogP contribution in [0.25, 0.3) is 0 Å². The summed E-state index contributed by atoms with van der Waals surface area (Å²) in [7, 11) is 0. The summed E-state index contributed by atoms with van der Waals surface area (Å²) < 4.78 is 0. The lowest BCUT2D eigenvalue weighted by Gasteiger charge is -2.18. The quantitative estimate of drug-likeness (QED) is 0.297. The molecule has 0 spiro atoms. The molecule has 0 radical (unpaired) electrons. The first-order valence-electron chi connectivity index (χ1n) is 4.82. The van der Waals surface area contributed by atoms with Crippen molar-refractivity contribution in [1.82, 2.24) is 15.0 Å². The van der Waals surface area contributed by atoms with E-state index in [1.165, 1.54) is 16.3 Å². The van der Waals surface area contributed by atoms with Gasteiger partial charge in [-0.2, -0.15) is 15.0 Å². The third-order valence-corrected chi connectivity index (χ3v) is 1.80. The van der Waals surface area contributed by atoms with E-state index in [0.717, 1.165) is 0 Å². The number of hydrogen-bond acceptors (Lipinski definition) is 9. The van der Waals surface area contributed by atoms with E-state index >= 15 is 0 Å². The van der Waals surface area contributed by atoms with Crippen molar-refractivity contribution in [3.63, 3.8) is 0 Å². The Hall–Kier alpha value is -1.55. The molecule has 1 aromatic rings. The molecule has 0 atom stereocenters. The normalized spacial score (nSPS) is 10.2. The van der Waals surface area contributed by atoms with E-state index in [1.807, 2.05) is 0 Å².